The molecule has 2 atom stereocenters. The van der Waals surface area contributed by atoms with Crippen LogP contribution in [-0.4, -0.2) is 18.0 Å². The topological polar surface area (TPSA) is 9.23 Å². The summed E-state index contributed by atoms with van der Waals surface area (Å²) >= 11 is 3.78. The van der Waals surface area contributed by atoms with Gasteiger partial charge < -0.3 is 4.74 Å². The molecule has 0 saturated heterocycles. The van der Waals surface area contributed by atoms with Crippen LogP contribution in [0.2, 0.25) is 0 Å². The zero-order valence-electron chi connectivity index (χ0n) is 13.6. The van der Waals surface area contributed by atoms with Crippen molar-refractivity contribution >= 4 is 15.9 Å². The molecule has 2 heteroatoms. The summed E-state index contributed by atoms with van der Waals surface area (Å²) in [6.45, 7) is 4.59. The Morgan fingerprint density at radius 3 is 1.70 bits per heavy atom. The van der Waals surface area contributed by atoms with Crippen LogP contribution >= 0.6 is 15.9 Å². The summed E-state index contributed by atoms with van der Waals surface area (Å²) in [4.78, 5) is 0.714. The van der Waals surface area contributed by atoms with E-state index < -0.39 is 0 Å². The van der Waals surface area contributed by atoms with Gasteiger partial charge in [-0.2, -0.15) is 0 Å². The third kappa shape index (κ3) is 4.22. The van der Waals surface area contributed by atoms with Gasteiger partial charge in [0.25, 0.3) is 0 Å². The van der Waals surface area contributed by atoms with Crippen molar-refractivity contribution in [3.05, 3.63) is 0 Å². The smallest absolute Gasteiger partial charge is 0.0596 e. The molecule has 20 heavy (non-hydrogen) atoms. The van der Waals surface area contributed by atoms with Gasteiger partial charge in [0.2, 0.25) is 0 Å². The highest BCUT2D eigenvalue weighted by molar-refractivity contribution is 9.09. The lowest BCUT2D eigenvalue weighted by Crippen LogP contribution is -2.31. The summed E-state index contributed by atoms with van der Waals surface area (Å²) in [5.41, 5.74) is 0. The third-order valence-electron chi connectivity index (χ3n) is 6.18. The number of ether oxygens (including phenoxy) is 1. The highest BCUT2D eigenvalue weighted by Gasteiger charge is 2.33. The van der Waals surface area contributed by atoms with Gasteiger partial charge in [-0.1, -0.05) is 29.8 Å². The van der Waals surface area contributed by atoms with Crippen molar-refractivity contribution < 1.29 is 4.74 Å². The van der Waals surface area contributed by atoms with Gasteiger partial charge >= 0.3 is 0 Å². The zero-order valence-corrected chi connectivity index (χ0v) is 15.2. The predicted octanol–water partition coefficient (Wildman–Crippen LogP) is 5.81. The summed E-state index contributed by atoms with van der Waals surface area (Å²) in [6.07, 6.45) is 13.3. The highest BCUT2D eigenvalue weighted by atomic mass is 79.9. The van der Waals surface area contributed by atoms with Gasteiger partial charge in [0.05, 0.1) is 6.10 Å². The number of hydrogen-bond acceptors (Lipinski definition) is 1. The average molecular weight is 345 g/mol. The quantitative estimate of drug-likeness (QED) is 0.572. The molecule has 0 aromatic rings. The van der Waals surface area contributed by atoms with Crippen LogP contribution in [0.25, 0.3) is 0 Å². The lowest BCUT2D eigenvalue weighted by Gasteiger charge is -2.39. The molecule has 2 unspecified atom stereocenters. The van der Waals surface area contributed by atoms with Crippen LogP contribution in [0.3, 0.4) is 0 Å². The third-order valence-corrected chi connectivity index (χ3v) is 6.93. The fourth-order valence-corrected chi connectivity index (χ4v) is 5.28. The Balaban J connectivity index is 1.74. The van der Waals surface area contributed by atoms with Crippen molar-refractivity contribution in [1.29, 1.82) is 0 Å². The van der Waals surface area contributed by atoms with E-state index in [2.05, 4.69) is 29.8 Å². The van der Waals surface area contributed by atoms with E-state index in [1.54, 1.807) is 0 Å². The minimum atomic E-state index is 0.515. The molecular formula is C18H33BrO. The first-order valence-corrected chi connectivity index (χ1v) is 9.74. The molecule has 2 aliphatic rings. The molecule has 0 amide bonds. The van der Waals surface area contributed by atoms with Gasteiger partial charge in [0.15, 0.2) is 0 Å². The Morgan fingerprint density at radius 2 is 1.35 bits per heavy atom. The van der Waals surface area contributed by atoms with Gasteiger partial charge in [0, 0.05) is 11.9 Å². The minimum absolute atomic E-state index is 0.515. The molecule has 0 aromatic carbocycles. The van der Waals surface area contributed by atoms with Gasteiger partial charge in [-0.15, -0.1) is 0 Å². The lowest BCUT2D eigenvalue weighted by atomic mass is 9.68. The second-order valence-electron chi connectivity index (χ2n) is 7.21. The Labute approximate surface area is 134 Å². The van der Waals surface area contributed by atoms with Crippen molar-refractivity contribution in [3.63, 3.8) is 0 Å². The standard InChI is InChI=1S/C18H33BrO/c1-4-18(20-3)17-11-9-16(10-12-17)15-7-5-14(6-8-15)13(2)19/h13-18H,4-12H2,1-3H3. The van der Waals surface area contributed by atoms with Crippen molar-refractivity contribution in [2.24, 2.45) is 23.7 Å². The van der Waals surface area contributed by atoms with E-state index in [4.69, 9.17) is 4.74 Å². The fraction of sp³-hybridized carbons (Fsp3) is 1.00. The maximum absolute atomic E-state index is 5.65. The van der Waals surface area contributed by atoms with Crippen LogP contribution in [0, 0.1) is 23.7 Å². The lowest BCUT2D eigenvalue weighted by molar-refractivity contribution is 0.0189. The maximum atomic E-state index is 5.65. The van der Waals surface area contributed by atoms with Crippen LogP contribution in [0.4, 0.5) is 0 Å². The molecule has 0 spiro atoms. The molecule has 0 heterocycles. The fourth-order valence-electron chi connectivity index (χ4n) is 4.76. The first-order chi connectivity index (χ1) is 9.65. The van der Waals surface area contributed by atoms with E-state index in [1.807, 2.05) is 7.11 Å². The highest BCUT2D eigenvalue weighted by Crippen LogP contribution is 2.43. The largest absolute Gasteiger partial charge is 0.381 e. The van der Waals surface area contributed by atoms with Gasteiger partial charge in [-0.25, -0.2) is 0 Å². The molecule has 0 radical (unpaired) electrons. The first kappa shape index (κ1) is 16.8. The van der Waals surface area contributed by atoms with Gasteiger partial charge in [0.1, 0.15) is 0 Å². The summed E-state index contributed by atoms with van der Waals surface area (Å²) in [5.74, 6) is 3.81. The SMILES string of the molecule is CCC(OC)C1CCC(C2CCC(C(C)Br)CC2)CC1. The molecule has 2 aliphatic carbocycles. The van der Waals surface area contributed by atoms with E-state index in [-0.39, 0.29) is 0 Å². The predicted molar refractivity (Wildman–Crippen MR) is 90.4 cm³/mol. The van der Waals surface area contributed by atoms with Crippen LogP contribution in [0.5, 0.6) is 0 Å². The molecule has 118 valence electrons. The van der Waals surface area contributed by atoms with E-state index >= 15 is 0 Å². The van der Waals surface area contributed by atoms with E-state index in [1.165, 1.54) is 57.8 Å². The minimum Gasteiger partial charge on any atom is -0.381 e. The normalized spacial score (nSPS) is 38.4. The van der Waals surface area contributed by atoms with Crippen molar-refractivity contribution in [2.45, 2.75) is 82.6 Å². The number of halogens is 1. The molecule has 2 saturated carbocycles. The van der Waals surface area contributed by atoms with Gasteiger partial charge in [-0.05, 0) is 81.5 Å². The molecule has 1 nitrogen and oxygen atoms in total. The van der Waals surface area contributed by atoms with Gasteiger partial charge in [-0.3, -0.25) is 0 Å². The van der Waals surface area contributed by atoms with Crippen molar-refractivity contribution in [2.75, 3.05) is 7.11 Å². The summed E-state index contributed by atoms with van der Waals surface area (Å²) in [7, 11) is 1.89. The molecule has 0 aliphatic heterocycles. The monoisotopic (exact) mass is 344 g/mol. The second-order valence-corrected chi connectivity index (χ2v) is 8.65. The first-order valence-electron chi connectivity index (χ1n) is 8.82. The van der Waals surface area contributed by atoms with Crippen molar-refractivity contribution in [1.82, 2.24) is 0 Å². The molecular weight excluding hydrogens is 312 g/mol. The Morgan fingerprint density at radius 1 is 0.900 bits per heavy atom. The number of rotatable bonds is 5. The second kappa shape index (κ2) is 8.17. The van der Waals surface area contributed by atoms with Crippen LogP contribution in [0.1, 0.15) is 71.6 Å². The van der Waals surface area contributed by atoms with Crippen molar-refractivity contribution in [3.8, 4) is 0 Å². The number of hydrogen-bond donors (Lipinski definition) is 0. The molecule has 0 aromatic heterocycles. The van der Waals surface area contributed by atoms with E-state index in [0.29, 0.717) is 10.9 Å². The Hall–Kier alpha value is 0.440. The molecule has 2 rings (SSSR count). The van der Waals surface area contributed by atoms with E-state index in [9.17, 15) is 0 Å². The summed E-state index contributed by atoms with van der Waals surface area (Å²) in [5, 5.41) is 0. The number of methoxy groups -OCH3 is 1. The Kier molecular flexibility index (Phi) is 6.87. The van der Waals surface area contributed by atoms with Crippen LogP contribution < -0.4 is 0 Å². The summed E-state index contributed by atoms with van der Waals surface area (Å²) in [6, 6.07) is 0. The number of alkyl halides is 1. The molecule has 0 bridgehead atoms. The summed E-state index contributed by atoms with van der Waals surface area (Å²) < 4.78 is 5.65. The van der Waals surface area contributed by atoms with E-state index in [0.717, 1.165) is 23.7 Å². The average Bonchev–Trinajstić information content (AvgIpc) is 2.49. The van der Waals surface area contributed by atoms with Crippen LogP contribution in [-0.2, 0) is 4.74 Å². The molecule has 0 N–H and O–H groups in total. The van der Waals surface area contributed by atoms with Crippen LogP contribution in [0.15, 0.2) is 0 Å². The molecule has 2 fully saturated rings. The zero-order chi connectivity index (χ0) is 14.5. The maximum Gasteiger partial charge on any atom is 0.0596 e. The Bertz CT molecular complexity index is 259.